The maximum absolute atomic E-state index is 11.6. The molecule has 2 aromatic rings. The van der Waals surface area contributed by atoms with Gasteiger partial charge in [-0.05, 0) is 0 Å². The topological polar surface area (TPSA) is 97.9 Å². The maximum Gasteiger partial charge on any atom is 0.321 e. The van der Waals surface area contributed by atoms with Crippen molar-refractivity contribution in [3.05, 3.63) is 18.1 Å². The van der Waals surface area contributed by atoms with E-state index in [4.69, 9.17) is 4.52 Å². The molecule has 19 heavy (non-hydrogen) atoms. The first-order chi connectivity index (χ1) is 9.04. The van der Waals surface area contributed by atoms with Crippen LogP contribution in [0.2, 0.25) is 0 Å². The molecule has 0 spiro atoms. The summed E-state index contributed by atoms with van der Waals surface area (Å²) < 4.78 is 6.57. The van der Waals surface area contributed by atoms with Gasteiger partial charge in [0.05, 0.1) is 6.54 Å². The number of nitrogens with zero attached hydrogens (tertiary/aromatic N) is 4. The Bertz CT molecular complexity index is 559. The number of nitrogens with one attached hydrogen (secondary N) is 2. The number of hydrogen-bond acceptors (Lipinski definition) is 6. The van der Waals surface area contributed by atoms with E-state index in [1.165, 1.54) is 0 Å². The van der Waals surface area contributed by atoms with Gasteiger partial charge in [-0.3, -0.25) is 9.48 Å². The van der Waals surface area contributed by atoms with Crippen molar-refractivity contribution in [1.29, 1.82) is 0 Å². The second-order valence-electron chi connectivity index (χ2n) is 4.39. The van der Waals surface area contributed by atoms with Crippen LogP contribution in [0.3, 0.4) is 0 Å². The highest BCUT2D eigenvalue weighted by atomic mass is 16.5. The fourth-order valence-corrected chi connectivity index (χ4v) is 1.37. The summed E-state index contributed by atoms with van der Waals surface area (Å²) in [6.07, 6.45) is 1.75. The van der Waals surface area contributed by atoms with Gasteiger partial charge < -0.3 is 15.2 Å². The van der Waals surface area contributed by atoms with Crippen LogP contribution in [-0.4, -0.2) is 32.4 Å². The van der Waals surface area contributed by atoms with E-state index in [1.54, 1.807) is 24.0 Å². The molecule has 0 unspecified atom stereocenters. The van der Waals surface area contributed by atoms with Crippen molar-refractivity contribution < 1.29 is 9.32 Å². The molecule has 0 saturated heterocycles. The Labute approximate surface area is 110 Å². The van der Waals surface area contributed by atoms with Crippen molar-refractivity contribution in [1.82, 2.24) is 19.9 Å². The highest BCUT2D eigenvalue weighted by molar-refractivity contribution is 5.92. The Hall–Kier alpha value is -2.38. The van der Waals surface area contributed by atoms with Crippen LogP contribution in [0.5, 0.6) is 0 Å². The van der Waals surface area contributed by atoms with E-state index in [2.05, 4.69) is 25.9 Å². The standard InChI is InChI=1S/C11H16N6O2/c1-7(2)10-14-11(19-16-10)12-6-9(18)13-8-4-5-17(3)15-8/h4-5,7H,6H2,1-3H3,(H,12,14,16)(H,13,15,18). The first kappa shape index (κ1) is 13.1. The third kappa shape index (κ3) is 3.54. The van der Waals surface area contributed by atoms with Crippen LogP contribution >= 0.6 is 0 Å². The summed E-state index contributed by atoms with van der Waals surface area (Å²) in [5.41, 5.74) is 0. The summed E-state index contributed by atoms with van der Waals surface area (Å²) in [7, 11) is 1.78. The number of rotatable bonds is 5. The Morgan fingerprint density at radius 3 is 2.89 bits per heavy atom. The molecule has 2 rings (SSSR count). The van der Waals surface area contributed by atoms with Crippen LogP contribution in [0.1, 0.15) is 25.6 Å². The van der Waals surface area contributed by atoms with Gasteiger partial charge in [-0.1, -0.05) is 19.0 Å². The number of amides is 1. The van der Waals surface area contributed by atoms with Crippen molar-refractivity contribution in [2.75, 3.05) is 17.2 Å². The summed E-state index contributed by atoms with van der Waals surface area (Å²) in [5, 5.41) is 13.2. The van der Waals surface area contributed by atoms with Crippen LogP contribution in [0.25, 0.3) is 0 Å². The highest BCUT2D eigenvalue weighted by Crippen LogP contribution is 2.12. The van der Waals surface area contributed by atoms with Crippen molar-refractivity contribution in [3.8, 4) is 0 Å². The highest BCUT2D eigenvalue weighted by Gasteiger charge is 2.10. The molecule has 8 nitrogen and oxygen atoms in total. The van der Waals surface area contributed by atoms with Gasteiger partial charge >= 0.3 is 6.01 Å². The van der Waals surface area contributed by atoms with Crippen LogP contribution in [0.15, 0.2) is 16.8 Å². The molecular formula is C11H16N6O2. The molecule has 8 heteroatoms. The van der Waals surface area contributed by atoms with Crippen LogP contribution in [0, 0.1) is 0 Å². The molecule has 0 aliphatic rings. The third-order valence-corrected chi connectivity index (χ3v) is 2.34. The van der Waals surface area contributed by atoms with Crippen molar-refractivity contribution in [2.45, 2.75) is 19.8 Å². The van der Waals surface area contributed by atoms with Crippen LogP contribution in [0.4, 0.5) is 11.8 Å². The second-order valence-corrected chi connectivity index (χ2v) is 4.39. The summed E-state index contributed by atoms with van der Waals surface area (Å²) in [4.78, 5) is 15.7. The fraction of sp³-hybridized carbons (Fsp3) is 0.455. The smallest absolute Gasteiger partial charge is 0.321 e. The fourth-order valence-electron chi connectivity index (χ4n) is 1.37. The van der Waals surface area contributed by atoms with E-state index in [0.29, 0.717) is 11.6 Å². The first-order valence-electron chi connectivity index (χ1n) is 5.91. The molecule has 0 aliphatic heterocycles. The molecule has 0 fully saturated rings. The minimum absolute atomic E-state index is 0.0380. The van der Waals surface area contributed by atoms with Gasteiger partial charge in [0.2, 0.25) is 5.91 Å². The zero-order valence-electron chi connectivity index (χ0n) is 11.0. The van der Waals surface area contributed by atoms with Crippen LogP contribution < -0.4 is 10.6 Å². The van der Waals surface area contributed by atoms with E-state index >= 15 is 0 Å². The Morgan fingerprint density at radius 1 is 1.53 bits per heavy atom. The average molecular weight is 264 g/mol. The molecule has 0 saturated carbocycles. The molecule has 2 N–H and O–H groups in total. The number of hydrogen-bond donors (Lipinski definition) is 2. The lowest BCUT2D eigenvalue weighted by Gasteiger charge is -2.01. The quantitative estimate of drug-likeness (QED) is 0.835. The summed E-state index contributed by atoms with van der Waals surface area (Å²) in [5.74, 6) is 1.06. The number of carbonyl (C=O) groups excluding carboxylic acids is 1. The molecule has 0 aromatic carbocycles. The SMILES string of the molecule is CC(C)c1noc(NCC(=O)Nc2ccn(C)n2)n1. The number of carbonyl (C=O) groups is 1. The normalized spacial score (nSPS) is 10.7. The van der Waals surface area contributed by atoms with Crippen LogP contribution in [-0.2, 0) is 11.8 Å². The Kier molecular flexibility index (Phi) is 3.79. The monoisotopic (exact) mass is 264 g/mol. The Morgan fingerprint density at radius 2 is 2.32 bits per heavy atom. The second kappa shape index (κ2) is 5.51. The van der Waals surface area contributed by atoms with Gasteiger partial charge in [0.15, 0.2) is 11.6 Å². The number of anilines is 2. The predicted molar refractivity (Wildman–Crippen MR) is 68.7 cm³/mol. The molecular weight excluding hydrogens is 248 g/mol. The maximum atomic E-state index is 11.6. The molecule has 1 amide bonds. The number of aromatic nitrogens is 4. The van der Waals surface area contributed by atoms with Gasteiger partial charge in [-0.2, -0.15) is 10.1 Å². The molecule has 0 atom stereocenters. The summed E-state index contributed by atoms with van der Waals surface area (Å²) in [6, 6.07) is 1.95. The van der Waals surface area contributed by atoms with Crippen molar-refractivity contribution in [3.63, 3.8) is 0 Å². The molecule has 2 heterocycles. The molecule has 102 valence electrons. The third-order valence-electron chi connectivity index (χ3n) is 2.34. The number of aryl methyl sites for hydroxylation is 1. The largest absolute Gasteiger partial charge is 0.329 e. The van der Waals surface area contributed by atoms with E-state index < -0.39 is 0 Å². The molecule has 0 bridgehead atoms. The van der Waals surface area contributed by atoms with E-state index in [-0.39, 0.29) is 24.4 Å². The summed E-state index contributed by atoms with van der Waals surface area (Å²) >= 11 is 0. The minimum Gasteiger partial charge on any atom is -0.329 e. The first-order valence-corrected chi connectivity index (χ1v) is 5.91. The minimum atomic E-state index is -0.233. The van der Waals surface area contributed by atoms with E-state index in [1.807, 2.05) is 13.8 Å². The lowest BCUT2D eigenvalue weighted by molar-refractivity contribution is -0.114. The lowest BCUT2D eigenvalue weighted by atomic mass is 10.2. The van der Waals surface area contributed by atoms with Gasteiger partial charge in [-0.25, -0.2) is 0 Å². The van der Waals surface area contributed by atoms with Gasteiger partial charge in [-0.15, -0.1) is 0 Å². The van der Waals surface area contributed by atoms with Crippen molar-refractivity contribution >= 4 is 17.7 Å². The van der Waals surface area contributed by atoms with E-state index in [0.717, 1.165) is 0 Å². The van der Waals surface area contributed by atoms with Gasteiger partial charge in [0.25, 0.3) is 0 Å². The van der Waals surface area contributed by atoms with Crippen molar-refractivity contribution in [2.24, 2.45) is 7.05 Å². The zero-order chi connectivity index (χ0) is 13.8. The molecule has 0 radical (unpaired) electrons. The van der Waals surface area contributed by atoms with Gasteiger partial charge in [0.1, 0.15) is 0 Å². The Balaban J connectivity index is 1.82. The van der Waals surface area contributed by atoms with E-state index in [9.17, 15) is 4.79 Å². The lowest BCUT2D eigenvalue weighted by Crippen LogP contribution is -2.22. The molecule has 2 aromatic heterocycles. The molecule has 0 aliphatic carbocycles. The predicted octanol–water partition coefficient (Wildman–Crippen LogP) is 0.977. The zero-order valence-corrected chi connectivity index (χ0v) is 11.0. The summed E-state index contributed by atoms with van der Waals surface area (Å²) in [6.45, 7) is 3.96. The average Bonchev–Trinajstić information content (AvgIpc) is 2.96. The van der Waals surface area contributed by atoms with Gasteiger partial charge in [0, 0.05) is 25.2 Å².